The molecule has 0 saturated carbocycles. The van der Waals surface area contributed by atoms with Gasteiger partial charge in [0.25, 0.3) is 7.82 Å². The number of carbonyl (C=O) groups is 2. The van der Waals surface area contributed by atoms with Gasteiger partial charge < -0.3 is 27.9 Å². The zero-order valence-corrected chi connectivity index (χ0v) is 39.7. The third kappa shape index (κ3) is 44.3. The van der Waals surface area contributed by atoms with Crippen LogP contribution < -0.4 is 4.89 Å². The largest absolute Gasteiger partial charge is 0.756 e. The summed E-state index contributed by atoms with van der Waals surface area (Å²) in [7, 11) is 1.17. The van der Waals surface area contributed by atoms with Crippen molar-refractivity contribution in [3.63, 3.8) is 0 Å². The molecule has 0 aromatic rings. The first-order chi connectivity index (χ1) is 28.0. The van der Waals surface area contributed by atoms with Gasteiger partial charge in [-0.3, -0.25) is 14.2 Å². The van der Waals surface area contributed by atoms with E-state index in [1.165, 1.54) is 148 Å². The van der Waals surface area contributed by atoms with E-state index < -0.39 is 26.5 Å². The Labute approximate surface area is 358 Å². The molecule has 2 atom stereocenters. The Balaban J connectivity index is 4.26. The molecular formula is C48H94NO8P. The van der Waals surface area contributed by atoms with E-state index in [0.717, 1.165) is 51.4 Å². The van der Waals surface area contributed by atoms with Crippen LogP contribution >= 0.6 is 7.82 Å². The molecule has 10 heteroatoms. The van der Waals surface area contributed by atoms with Gasteiger partial charge in [-0.1, -0.05) is 193 Å². The fourth-order valence-corrected chi connectivity index (χ4v) is 7.67. The molecule has 0 radical (unpaired) electrons. The van der Waals surface area contributed by atoms with E-state index in [1.807, 2.05) is 21.1 Å². The molecule has 0 fully saturated rings. The molecule has 0 aliphatic heterocycles. The number of likely N-dealkylation sites (N-methyl/N-ethyl adjacent to an activating group) is 1. The fourth-order valence-electron chi connectivity index (χ4n) is 6.95. The second-order valence-corrected chi connectivity index (χ2v) is 19.2. The third-order valence-corrected chi connectivity index (χ3v) is 11.7. The molecule has 0 N–H and O–H groups in total. The molecule has 0 aromatic carbocycles. The summed E-state index contributed by atoms with van der Waals surface area (Å²) in [6.07, 6.45) is 43.8. The van der Waals surface area contributed by atoms with Gasteiger partial charge in [0.05, 0.1) is 27.7 Å². The second-order valence-electron chi connectivity index (χ2n) is 17.8. The van der Waals surface area contributed by atoms with E-state index in [4.69, 9.17) is 18.5 Å². The molecular weight excluding hydrogens is 750 g/mol. The zero-order chi connectivity index (χ0) is 42.8. The van der Waals surface area contributed by atoms with Gasteiger partial charge in [0.1, 0.15) is 19.8 Å². The summed E-state index contributed by atoms with van der Waals surface area (Å²) in [5, 5.41) is 0. The van der Waals surface area contributed by atoms with Crippen molar-refractivity contribution in [2.75, 3.05) is 47.5 Å². The lowest BCUT2D eigenvalue weighted by molar-refractivity contribution is -0.870. The molecule has 0 heterocycles. The number of allylic oxidation sites excluding steroid dienone is 2. The van der Waals surface area contributed by atoms with Crippen LogP contribution in [0, 0.1) is 0 Å². The lowest BCUT2D eigenvalue weighted by atomic mass is 10.0. The summed E-state index contributed by atoms with van der Waals surface area (Å²) in [6.45, 7) is 4.25. The van der Waals surface area contributed by atoms with Crippen molar-refractivity contribution in [3.05, 3.63) is 12.2 Å². The van der Waals surface area contributed by atoms with E-state index >= 15 is 0 Å². The SMILES string of the molecule is CCCCCCCC/C=C/CCCCCCCC(=O)OC[C@H](COP(=O)([O-])OCC[N+](C)(C)C)OC(=O)CCCCCCCCCCCCCCCCCCCCC. The molecule has 0 aromatic heterocycles. The summed E-state index contributed by atoms with van der Waals surface area (Å²) < 4.78 is 34.0. The summed E-state index contributed by atoms with van der Waals surface area (Å²) >= 11 is 0. The molecule has 0 rings (SSSR count). The predicted molar refractivity (Wildman–Crippen MR) is 241 cm³/mol. The van der Waals surface area contributed by atoms with Crippen LogP contribution in [-0.4, -0.2) is 70.0 Å². The van der Waals surface area contributed by atoms with Crippen LogP contribution in [0.3, 0.4) is 0 Å². The highest BCUT2D eigenvalue weighted by Gasteiger charge is 2.21. The Morgan fingerprint density at radius 1 is 0.517 bits per heavy atom. The van der Waals surface area contributed by atoms with Gasteiger partial charge >= 0.3 is 11.9 Å². The summed E-state index contributed by atoms with van der Waals surface area (Å²) in [4.78, 5) is 37.6. The monoisotopic (exact) mass is 844 g/mol. The van der Waals surface area contributed by atoms with E-state index in [9.17, 15) is 19.0 Å². The minimum Gasteiger partial charge on any atom is -0.756 e. The summed E-state index contributed by atoms with van der Waals surface area (Å²) in [5.74, 6) is -0.831. The topological polar surface area (TPSA) is 111 Å². The number of phosphoric ester groups is 1. The minimum absolute atomic E-state index is 0.0287. The molecule has 0 aliphatic carbocycles. The Hall–Kier alpha value is -1.25. The minimum atomic E-state index is -4.62. The van der Waals surface area contributed by atoms with Crippen LogP contribution in [0.1, 0.15) is 232 Å². The van der Waals surface area contributed by atoms with Crippen LogP contribution in [-0.2, 0) is 32.7 Å². The van der Waals surface area contributed by atoms with Crippen LogP contribution in [0.15, 0.2) is 12.2 Å². The highest BCUT2D eigenvalue weighted by molar-refractivity contribution is 7.45. The first kappa shape index (κ1) is 56.8. The molecule has 0 spiro atoms. The van der Waals surface area contributed by atoms with Gasteiger partial charge in [0.2, 0.25) is 0 Å². The van der Waals surface area contributed by atoms with Gasteiger partial charge in [-0.15, -0.1) is 0 Å². The van der Waals surface area contributed by atoms with Crippen LogP contribution in [0.2, 0.25) is 0 Å². The summed E-state index contributed by atoms with van der Waals surface area (Å²) in [6, 6.07) is 0. The van der Waals surface area contributed by atoms with Crippen LogP contribution in [0.25, 0.3) is 0 Å². The average Bonchev–Trinajstić information content (AvgIpc) is 3.17. The van der Waals surface area contributed by atoms with Crippen molar-refractivity contribution < 1.29 is 42.1 Å². The number of unbranched alkanes of at least 4 members (excludes halogenated alkanes) is 29. The normalized spacial score (nSPS) is 13.6. The number of quaternary nitrogens is 1. The molecule has 58 heavy (non-hydrogen) atoms. The van der Waals surface area contributed by atoms with Crippen LogP contribution in [0.5, 0.6) is 0 Å². The summed E-state index contributed by atoms with van der Waals surface area (Å²) in [5.41, 5.74) is 0. The standard InChI is InChI=1S/C48H94NO8P/c1-6-8-10-12-14-16-18-20-22-23-24-25-27-29-31-33-35-37-39-41-48(51)57-46(45-56-58(52,53)55-43-42-49(3,4)5)44-54-47(50)40-38-36-34-32-30-28-26-21-19-17-15-13-11-9-7-2/h21,26,46H,6-20,22-25,27-45H2,1-5H3/b26-21+/t46-/m1/s1. The van der Waals surface area contributed by atoms with E-state index in [0.29, 0.717) is 17.4 Å². The maximum Gasteiger partial charge on any atom is 0.306 e. The lowest BCUT2D eigenvalue weighted by Gasteiger charge is -2.28. The third-order valence-electron chi connectivity index (χ3n) is 10.8. The Bertz CT molecular complexity index is 1000. The Morgan fingerprint density at radius 2 is 0.879 bits per heavy atom. The molecule has 1 unspecified atom stereocenters. The maximum atomic E-state index is 12.7. The number of hydrogen-bond acceptors (Lipinski definition) is 8. The van der Waals surface area contributed by atoms with Crippen molar-refractivity contribution in [1.29, 1.82) is 0 Å². The van der Waals surface area contributed by atoms with Gasteiger partial charge in [-0.05, 0) is 38.5 Å². The predicted octanol–water partition coefficient (Wildman–Crippen LogP) is 13.5. The van der Waals surface area contributed by atoms with Crippen molar-refractivity contribution in [2.45, 2.75) is 238 Å². The molecule has 0 amide bonds. The number of esters is 2. The lowest BCUT2D eigenvalue weighted by Crippen LogP contribution is -2.37. The average molecular weight is 844 g/mol. The maximum absolute atomic E-state index is 12.7. The zero-order valence-electron chi connectivity index (χ0n) is 38.8. The Kier molecular flexibility index (Phi) is 40.2. The smallest absolute Gasteiger partial charge is 0.306 e. The van der Waals surface area contributed by atoms with Gasteiger partial charge in [0, 0.05) is 12.8 Å². The number of carbonyl (C=O) groups excluding carboxylic acids is 2. The quantitative estimate of drug-likeness (QED) is 0.0196. The molecule has 344 valence electrons. The number of ether oxygens (including phenoxy) is 2. The molecule has 0 aliphatic rings. The van der Waals surface area contributed by atoms with Crippen LogP contribution in [0.4, 0.5) is 0 Å². The number of phosphoric acid groups is 1. The first-order valence-corrected chi connectivity index (χ1v) is 25.9. The number of rotatable bonds is 45. The molecule has 0 saturated heterocycles. The first-order valence-electron chi connectivity index (χ1n) is 24.4. The van der Waals surface area contributed by atoms with E-state index in [1.54, 1.807) is 0 Å². The van der Waals surface area contributed by atoms with E-state index in [-0.39, 0.29) is 32.0 Å². The van der Waals surface area contributed by atoms with E-state index in [2.05, 4.69) is 26.0 Å². The highest BCUT2D eigenvalue weighted by Crippen LogP contribution is 2.38. The van der Waals surface area contributed by atoms with Gasteiger partial charge in [-0.2, -0.15) is 0 Å². The second kappa shape index (κ2) is 41.1. The molecule has 0 bridgehead atoms. The highest BCUT2D eigenvalue weighted by atomic mass is 31.2. The van der Waals surface area contributed by atoms with Crippen molar-refractivity contribution in [2.24, 2.45) is 0 Å². The van der Waals surface area contributed by atoms with Gasteiger partial charge in [0.15, 0.2) is 6.10 Å². The number of hydrogen-bond donors (Lipinski definition) is 0. The van der Waals surface area contributed by atoms with Crippen molar-refractivity contribution >= 4 is 19.8 Å². The van der Waals surface area contributed by atoms with Crippen molar-refractivity contribution in [1.82, 2.24) is 0 Å². The van der Waals surface area contributed by atoms with Gasteiger partial charge in [-0.25, -0.2) is 0 Å². The fraction of sp³-hybridized carbons (Fsp3) is 0.917. The Morgan fingerprint density at radius 3 is 1.28 bits per heavy atom. The molecule has 9 nitrogen and oxygen atoms in total. The number of nitrogens with zero attached hydrogens (tertiary/aromatic N) is 1. The van der Waals surface area contributed by atoms with Crippen molar-refractivity contribution in [3.8, 4) is 0 Å².